The number of carbonyl (C=O) groups is 3. The van der Waals surface area contributed by atoms with Gasteiger partial charge in [0.05, 0.1) is 0 Å². The number of carbonyl (C=O) groups excluding carboxylic acids is 3. The normalized spacial score (nSPS) is 12.4. The Hall–Kier alpha value is -2.89. The van der Waals surface area contributed by atoms with E-state index in [9.17, 15) is 14.4 Å². The van der Waals surface area contributed by atoms with Gasteiger partial charge in [-0.1, -0.05) is 300 Å². The Morgan fingerprint density at radius 3 is 0.827 bits per heavy atom. The smallest absolute Gasteiger partial charge is 0.306 e. The van der Waals surface area contributed by atoms with Crippen molar-refractivity contribution in [3.8, 4) is 0 Å². The van der Waals surface area contributed by atoms with E-state index in [2.05, 4.69) is 81.5 Å². The van der Waals surface area contributed by atoms with E-state index in [0.717, 1.165) is 89.9 Å². The van der Waals surface area contributed by atoms with Crippen LogP contribution in [-0.2, 0) is 28.6 Å². The average Bonchev–Trinajstić information content (AvgIpc) is 3.41. The van der Waals surface area contributed by atoms with Crippen LogP contribution in [-0.4, -0.2) is 37.2 Å². The molecule has 75 heavy (non-hydrogen) atoms. The van der Waals surface area contributed by atoms with Crippen molar-refractivity contribution in [3.63, 3.8) is 0 Å². The molecule has 0 amide bonds. The molecule has 0 rings (SSSR count). The first-order valence-electron chi connectivity index (χ1n) is 32.8. The fourth-order valence-electron chi connectivity index (χ4n) is 9.61. The monoisotopic (exact) mass is 1050 g/mol. The van der Waals surface area contributed by atoms with Gasteiger partial charge in [-0.25, -0.2) is 0 Å². The maximum Gasteiger partial charge on any atom is 0.306 e. The summed E-state index contributed by atoms with van der Waals surface area (Å²) in [7, 11) is 0. The third-order valence-corrected chi connectivity index (χ3v) is 14.5. The van der Waals surface area contributed by atoms with Crippen LogP contribution in [0, 0.1) is 0 Å². The molecule has 0 aromatic rings. The molecule has 1 unspecified atom stereocenters. The van der Waals surface area contributed by atoms with E-state index in [0.29, 0.717) is 19.3 Å². The zero-order chi connectivity index (χ0) is 54.3. The van der Waals surface area contributed by atoms with Crippen molar-refractivity contribution in [1.82, 2.24) is 0 Å². The first-order valence-corrected chi connectivity index (χ1v) is 32.8. The summed E-state index contributed by atoms with van der Waals surface area (Å²) < 4.78 is 16.8. The standard InChI is InChI=1S/C69H124O6/c1-4-7-10-13-15-17-19-21-23-25-27-29-30-31-32-33-34-35-36-37-38-40-41-43-45-47-49-51-53-56-59-62-68(71)74-65-66(64-73-67(70)61-58-55-12-9-6-3)75-69(72)63-60-57-54-52-50-48-46-44-42-39-28-26-24-22-20-18-16-14-11-8-5-2/h7,10,15,17,21,23,26-29,66H,4-6,8-9,11-14,16,18-20,22,24-25,30-65H2,1-3H3/b10-7-,17-15-,23-21-,28-26-,29-27-. The van der Waals surface area contributed by atoms with Gasteiger partial charge in [-0.15, -0.1) is 0 Å². The number of hydrogen-bond donors (Lipinski definition) is 0. The van der Waals surface area contributed by atoms with Crippen LogP contribution >= 0.6 is 0 Å². The predicted molar refractivity (Wildman–Crippen MR) is 325 cm³/mol. The number of rotatable bonds is 60. The van der Waals surface area contributed by atoms with Gasteiger partial charge in [0, 0.05) is 19.3 Å². The molecule has 0 bridgehead atoms. The molecule has 6 nitrogen and oxygen atoms in total. The van der Waals surface area contributed by atoms with Gasteiger partial charge in [0.2, 0.25) is 0 Å². The Morgan fingerprint density at radius 1 is 0.280 bits per heavy atom. The minimum absolute atomic E-state index is 0.0709. The summed E-state index contributed by atoms with van der Waals surface area (Å²) in [5.41, 5.74) is 0. The average molecular weight is 1050 g/mol. The van der Waals surface area contributed by atoms with Crippen LogP contribution in [0.5, 0.6) is 0 Å². The quantitative estimate of drug-likeness (QED) is 0.0261. The van der Waals surface area contributed by atoms with Crippen molar-refractivity contribution in [3.05, 3.63) is 60.8 Å². The molecular formula is C69H124O6. The van der Waals surface area contributed by atoms with Crippen molar-refractivity contribution < 1.29 is 28.6 Å². The van der Waals surface area contributed by atoms with Crippen LogP contribution in [0.1, 0.15) is 342 Å². The second-order valence-electron chi connectivity index (χ2n) is 22.0. The van der Waals surface area contributed by atoms with Crippen molar-refractivity contribution in [2.24, 2.45) is 0 Å². The van der Waals surface area contributed by atoms with Gasteiger partial charge in [-0.3, -0.25) is 14.4 Å². The molecule has 0 aliphatic rings. The molecule has 0 aromatic heterocycles. The molecule has 0 aliphatic carbocycles. The first-order chi connectivity index (χ1) is 37.0. The lowest BCUT2D eigenvalue weighted by Crippen LogP contribution is -2.30. The molecule has 1 atom stereocenters. The molecule has 6 heteroatoms. The van der Waals surface area contributed by atoms with Crippen LogP contribution in [0.15, 0.2) is 60.8 Å². The van der Waals surface area contributed by atoms with E-state index in [4.69, 9.17) is 14.2 Å². The maximum absolute atomic E-state index is 12.8. The minimum atomic E-state index is -0.769. The topological polar surface area (TPSA) is 78.9 Å². The van der Waals surface area contributed by atoms with Gasteiger partial charge in [-0.05, 0) is 83.5 Å². The van der Waals surface area contributed by atoms with Crippen molar-refractivity contribution >= 4 is 17.9 Å². The number of esters is 3. The van der Waals surface area contributed by atoms with E-state index < -0.39 is 6.10 Å². The van der Waals surface area contributed by atoms with Crippen molar-refractivity contribution in [2.45, 2.75) is 348 Å². The Balaban J connectivity index is 3.95. The SMILES string of the molecule is CC/C=C\C/C=C\C/C=C\C/C=C\CCCCCCCCCCCCCCCCCCCCC(=O)OCC(COC(=O)CCCCCCC)OC(=O)CCCCCCCCCCC/C=C\CCCCCCCCCC. The lowest BCUT2D eigenvalue weighted by Gasteiger charge is -2.18. The fourth-order valence-corrected chi connectivity index (χ4v) is 9.61. The highest BCUT2D eigenvalue weighted by molar-refractivity contribution is 5.71. The molecule has 0 radical (unpaired) electrons. The Labute approximate surface area is 466 Å². The van der Waals surface area contributed by atoms with E-state index in [1.54, 1.807) is 0 Å². The highest BCUT2D eigenvalue weighted by atomic mass is 16.6. The lowest BCUT2D eigenvalue weighted by atomic mass is 10.0. The van der Waals surface area contributed by atoms with Gasteiger partial charge in [0.1, 0.15) is 13.2 Å². The number of ether oxygens (including phenoxy) is 3. The lowest BCUT2D eigenvalue weighted by molar-refractivity contribution is -0.167. The largest absolute Gasteiger partial charge is 0.462 e. The van der Waals surface area contributed by atoms with Crippen LogP contribution in [0.2, 0.25) is 0 Å². The first kappa shape index (κ1) is 72.1. The van der Waals surface area contributed by atoms with Gasteiger partial charge in [0.25, 0.3) is 0 Å². The van der Waals surface area contributed by atoms with Crippen LogP contribution < -0.4 is 0 Å². The summed E-state index contributed by atoms with van der Waals surface area (Å²) >= 11 is 0. The van der Waals surface area contributed by atoms with Gasteiger partial charge in [-0.2, -0.15) is 0 Å². The Kier molecular flexibility index (Phi) is 61.2. The number of unbranched alkanes of at least 4 members (excludes halogenated alkanes) is 39. The van der Waals surface area contributed by atoms with E-state index in [1.165, 1.54) is 212 Å². The molecule has 0 saturated carbocycles. The van der Waals surface area contributed by atoms with Crippen LogP contribution in [0.4, 0.5) is 0 Å². The maximum atomic E-state index is 12.8. The zero-order valence-corrected chi connectivity index (χ0v) is 50.1. The molecule has 0 saturated heterocycles. The van der Waals surface area contributed by atoms with Crippen molar-refractivity contribution in [1.29, 1.82) is 0 Å². The van der Waals surface area contributed by atoms with E-state index >= 15 is 0 Å². The van der Waals surface area contributed by atoms with E-state index in [-0.39, 0.29) is 31.1 Å². The molecule has 0 heterocycles. The predicted octanol–water partition coefficient (Wildman–Crippen LogP) is 22.3. The molecule has 0 fully saturated rings. The molecule has 0 aromatic carbocycles. The highest BCUT2D eigenvalue weighted by Gasteiger charge is 2.19. The Bertz CT molecular complexity index is 1340. The highest BCUT2D eigenvalue weighted by Crippen LogP contribution is 2.17. The van der Waals surface area contributed by atoms with Gasteiger partial charge >= 0.3 is 17.9 Å². The number of hydrogen-bond acceptors (Lipinski definition) is 6. The summed E-state index contributed by atoms with van der Waals surface area (Å²) in [6, 6.07) is 0. The molecule has 0 N–H and O–H groups in total. The minimum Gasteiger partial charge on any atom is -0.462 e. The summed E-state index contributed by atoms with van der Waals surface area (Å²) in [4.78, 5) is 37.9. The van der Waals surface area contributed by atoms with Gasteiger partial charge in [0.15, 0.2) is 6.10 Å². The third kappa shape index (κ3) is 61.8. The second-order valence-corrected chi connectivity index (χ2v) is 22.0. The molecular weight excluding hydrogens is 925 g/mol. The summed E-state index contributed by atoms with van der Waals surface area (Å²) in [6.07, 6.45) is 81.5. The van der Waals surface area contributed by atoms with Crippen molar-refractivity contribution in [2.75, 3.05) is 13.2 Å². The van der Waals surface area contributed by atoms with Gasteiger partial charge < -0.3 is 14.2 Å². The number of allylic oxidation sites excluding steroid dienone is 10. The van der Waals surface area contributed by atoms with Crippen LogP contribution in [0.3, 0.4) is 0 Å². The van der Waals surface area contributed by atoms with Crippen LogP contribution in [0.25, 0.3) is 0 Å². The second kappa shape index (κ2) is 63.6. The van der Waals surface area contributed by atoms with E-state index in [1.807, 2.05) is 0 Å². The Morgan fingerprint density at radius 2 is 0.520 bits per heavy atom. The molecule has 436 valence electrons. The zero-order valence-electron chi connectivity index (χ0n) is 50.1. The fraction of sp³-hybridized carbons (Fsp3) is 0.812. The molecule has 0 aliphatic heterocycles. The third-order valence-electron chi connectivity index (χ3n) is 14.5. The molecule has 0 spiro atoms. The summed E-state index contributed by atoms with van der Waals surface area (Å²) in [5, 5.41) is 0. The summed E-state index contributed by atoms with van der Waals surface area (Å²) in [5.74, 6) is -0.869. The summed E-state index contributed by atoms with van der Waals surface area (Å²) in [6.45, 7) is 6.49.